The number of aryl methyl sites for hydroxylation is 1. The lowest BCUT2D eigenvalue weighted by molar-refractivity contribution is -0.291. The normalized spacial score (nSPS) is 34.6. The third kappa shape index (κ3) is 2.62. The minimum absolute atomic E-state index is 0.0298. The highest BCUT2D eigenvalue weighted by Gasteiger charge is 2.63. The molecule has 140 valence electrons. The molecule has 4 rings (SSSR count). The number of hydrogen-bond acceptors (Lipinski definition) is 7. The van der Waals surface area contributed by atoms with Crippen molar-refractivity contribution in [1.29, 1.82) is 0 Å². The van der Waals surface area contributed by atoms with Crippen LogP contribution in [-0.4, -0.2) is 26.1 Å². The molecule has 2 saturated carbocycles. The summed E-state index contributed by atoms with van der Waals surface area (Å²) in [6, 6.07) is 5.57. The number of hydrogen-bond donors (Lipinski definition) is 2. The first-order valence-electron chi connectivity index (χ1n) is 8.84. The van der Waals surface area contributed by atoms with Crippen molar-refractivity contribution in [3.8, 4) is 5.75 Å². The monoisotopic (exact) mass is 379 g/mol. The van der Waals surface area contributed by atoms with Gasteiger partial charge in [0.05, 0.1) is 0 Å². The number of benzene rings is 1. The van der Waals surface area contributed by atoms with Gasteiger partial charge in [-0.1, -0.05) is 13.0 Å². The third-order valence-electron chi connectivity index (χ3n) is 6.67. The number of nitro groups is 1. The number of rotatable bonds is 3. The van der Waals surface area contributed by atoms with Gasteiger partial charge >= 0.3 is 12.2 Å². The molecule has 7 nitrogen and oxygen atoms in total. The smallest absolute Gasteiger partial charge is 0.366 e. The Morgan fingerprint density at radius 1 is 1.35 bits per heavy atom. The van der Waals surface area contributed by atoms with Crippen molar-refractivity contribution < 1.29 is 23.5 Å². The van der Waals surface area contributed by atoms with Gasteiger partial charge in [-0.05, 0) is 66.7 Å². The van der Waals surface area contributed by atoms with Gasteiger partial charge in [-0.2, -0.15) is 0 Å². The topological polar surface area (TPSA) is 110 Å². The second-order valence-corrected chi connectivity index (χ2v) is 8.58. The molecule has 0 heterocycles. The highest BCUT2D eigenvalue weighted by molar-refractivity contribution is 7.88. The Balaban J connectivity index is 1.61. The molecule has 3 aliphatic carbocycles. The minimum atomic E-state index is -2.20. The fourth-order valence-corrected chi connectivity index (χ4v) is 5.77. The predicted molar refractivity (Wildman–Crippen MR) is 93.8 cm³/mol. The quantitative estimate of drug-likeness (QED) is 0.273. The third-order valence-corrected chi connectivity index (χ3v) is 7.06. The lowest BCUT2D eigenvalue weighted by atomic mass is 9.55. The summed E-state index contributed by atoms with van der Waals surface area (Å²) >= 11 is 0.199. The summed E-state index contributed by atoms with van der Waals surface area (Å²) in [6.45, 7) is 1.88. The van der Waals surface area contributed by atoms with Gasteiger partial charge in [0.15, 0.2) is 5.78 Å². The standard InChI is InChI=1S/C18H21NO6S/c1-17-7-6-13-12-5-3-11(25-26-19(23)24)8-10(12)2-4-14(13)15(17)9-18(21,22)16(17)20/h3,5,8,13-15,21-22H,2,4,6-7,9H2,1H3/t13?,14?,15?,17-/m0/s1. The Bertz CT molecular complexity index is 781. The van der Waals surface area contributed by atoms with Crippen molar-refractivity contribution in [2.75, 3.05) is 0 Å². The van der Waals surface area contributed by atoms with Crippen molar-refractivity contribution in [2.24, 2.45) is 17.3 Å². The zero-order valence-electron chi connectivity index (χ0n) is 14.4. The summed E-state index contributed by atoms with van der Waals surface area (Å²) in [5.41, 5.74) is 1.66. The minimum Gasteiger partial charge on any atom is -0.366 e. The van der Waals surface area contributed by atoms with E-state index in [0.29, 0.717) is 12.2 Å². The van der Waals surface area contributed by atoms with E-state index in [1.807, 2.05) is 19.1 Å². The first-order chi connectivity index (χ1) is 12.2. The number of carbonyl (C=O) groups excluding carboxylic acids is 1. The highest BCUT2D eigenvalue weighted by Crippen LogP contribution is 2.61. The van der Waals surface area contributed by atoms with Crippen molar-refractivity contribution >= 4 is 18.0 Å². The zero-order valence-corrected chi connectivity index (χ0v) is 15.2. The van der Waals surface area contributed by atoms with Gasteiger partial charge in [-0.3, -0.25) is 4.79 Å². The second kappa shape index (κ2) is 5.94. The summed E-state index contributed by atoms with van der Waals surface area (Å²) in [5.74, 6) is -1.68. The maximum absolute atomic E-state index is 12.5. The lowest BCUT2D eigenvalue weighted by Crippen LogP contribution is -2.44. The molecule has 0 aliphatic heterocycles. The first-order valence-corrected chi connectivity index (χ1v) is 9.54. The largest absolute Gasteiger partial charge is 0.468 e. The van der Waals surface area contributed by atoms with Crippen LogP contribution in [0.15, 0.2) is 18.2 Å². The van der Waals surface area contributed by atoms with Crippen LogP contribution in [-0.2, 0) is 11.2 Å². The Morgan fingerprint density at radius 3 is 2.85 bits per heavy atom. The number of fused-ring (bicyclic) bond motifs is 5. The van der Waals surface area contributed by atoms with Crippen LogP contribution in [0, 0.1) is 27.4 Å². The molecule has 2 N–H and O–H groups in total. The molecule has 8 heteroatoms. The van der Waals surface area contributed by atoms with E-state index < -0.39 is 21.3 Å². The Morgan fingerprint density at radius 2 is 2.12 bits per heavy atom. The van der Waals surface area contributed by atoms with Gasteiger partial charge in [0.25, 0.3) is 0 Å². The van der Waals surface area contributed by atoms with Gasteiger partial charge < -0.3 is 14.4 Å². The molecule has 3 aliphatic rings. The molecule has 0 radical (unpaired) electrons. The first kappa shape index (κ1) is 17.8. The summed E-state index contributed by atoms with van der Waals surface area (Å²) in [7, 11) is 0. The fourth-order valence-electron chi connectivity index (χ4n) is 5.52. The van der Waals surface area contributed by atoms with Crippen LogP contribution in [0.1, 0.15) is 49.7 Å². The number of ketones is 1. The lowest BCUT2D eigenvalue weighted by Gasteiger charge is -2.47. The summed E-state index contributed by atoms with van der Waals surface area (Å²) in [6.07, 6.45) is 3.25. The number of carbonyl (C=O) groups is 1. The number of nitrogens with zero attached hydrogens (tertiary/aromatic N) is 1. The zero-order chi connectivity index (χ0) is 18.7. The number of aliphatic hydroxyl groups is 2. The van der Waals surface area contributed by atoms with E-state index in [9.17, 15) is 25.1 Å². The molecule has 2 fully saturated rings. The van der Waals surface area contributed by atoms with E-state index in [2.05, 4.69) is 0 Å². The molecule has 1 aromatic rings. The van der Waals surface area contributed by atoms with Crippen LogP contribution >= 0.6 is 12.2 Å². The fraction of sp³-hybridized carbons (Fsp3) is 0.611. The maximum atomic E-state index is 12.5. The van der Waals surface area contributed by atoms with Gasteiger partial charge in [-0.25, -0.2) is 10.1 Å². The van der Waals surface area contributed by atoms with Gasteiger partial charge in [0.2, 0.25) is 5.79 Å². The molecular weight excluding hydrogens is 358 g/mol. The van der Waals surface area contributed by atoms with Crippen LogP contribution in [0.3, 0.4) is 0 Å². The van der Waals surface area contributed by atoms with E-state index in [4.69, 9.17) is 4.18 Å². The van der Waals surface area contributed by atoms with E-state index in [1.54, 1.807) is 6.07 Å². The molecule has 0 saturated heterocycles. The van der Waals surface area contributed by atoms with E-state index in [0.717, 1.165) is 24.8 Å². The summed E-state index contributed by atoms with van der Waals surface area (Å²) < 4.78 is 4.51. The van der Waals surface area contributed by atoms with Crippen LogP contribution in [0.25, 0.3) is 0 Å². The Hall–Kier alpha value is -1.64. The molecule has 0 aromatic heterocycles. The summed E-state index contributed by atoms with van der Waals surface area (Å²) in [4.78, 5) is 22.9. The molecule has 0 spiro atoms. The molecule has 0 amide bonds. The summed E-state index contributed by atoms with van der Waals surface area (Å²) in [5, 5.41) is 30.7. The van der Waals surface area contributed by atoms with Crippen molar-refractivity contribution in [2.45, 2.75) is 50.7 Å². The second-order valence-electron chi connectivity index (χ2n) is 7.96. The molecule has 3 unspecified atom stereocenters. The van der Waals surface area contributed by atoms with E-state index in [1.165, 1.54) is 5.56 Å². The Kier molecular flexibility index (Phi) is 4.05. The van der Waals surface area contributed by atoms with Gasteiger partial charge in [0.1, 0.15) is 10.1 Å². The van der Waals surface area contributed by atoms with Gasteiger partial charge in [-0.15, -0.1) is 0 Å². The van der Waals surface area contributed by atoms with Crippen LogP contribution in [0.5, 0.6) is 5.75 Å². The molecule has 26 heavy (non-hydrogen) atoms. The maximum Gasteiger partial charge on any atom is 0.468 e. The average Bonchev–Trinajstić information content (AvgIpc) is 2.79. The van der Waals surface area contributed by atoms with Crippen LogP contribution in [0.4, 0.5) is 0 Å². The molecule has 1 aromatic carbocycles. The van der Waals surface area contributed by atoms with E-state index in [-0.39, 0.29) is 36.4 Å². The highest BCUT2D eigenvalue weighted by atomic mass is 32.2. The van der Waals surface area contributed by atoms with E-state index >= 15 is 0 Å². The average molecular weight is 379 g/mol. The van der Waals surface area contributed by atoms with Gasteiger partial charge in [0, 0.05) is 11.8 Å². The van der Waals surface area contributed by atoms with Crippen molar-refractivity contribution in [1.82, 2.24) is 0 Å². The SMILES string of the molecule is C[C@]12CCC3c4ccc(OS[N+](=O)[O-])cc4CCC3C1CC(O)(O)C2=O. The molecular formula is C18H21NO6S. The van der Waals surface area contributed by atoms with Crippen molar-refractivity contribution in [3.05, 3.63) is 39.4 Å². The van der Waals surface area contributed by atoms with Crippen molar-refractivity contribution in [3.63, 3.8) is 0 Å². The van der Waals surface area contributed by atoms with Crippen LogP contribution < -0.4 is 4.18 Å². The van der Waals surface area contributed by atoms with Crippen LogP contribution in [0.2, 0.25) is 0 Å². The Labute approximate surface area is 155 Å². The predicted octanol–water partition coefficient (Wildman–Crippen LogP) is 2.62. The molecule has 0 bridgehead atoms. The molecule has 4 atom stereocenters. The number of Topliss-reactive ketones (excluding diaryl/α,β-unsaturated/α-hetero) is 1.